The van der Waals surface area contributed by atoms with E-state index in [1.165, 1.54) is 11.6 Å². The molecule has 0 bridgehead atoms. The fourth-order valence-electron chi connectivity index (χ4n) is 2.09. The number of rotatable bonds is 5. The third-order valence-corrected chi connectivity index (χ3v) is 3.22. The van der Waals surface area contributed by atoms with Crippen molar-refractivity contribution in [2.75, 3.05) is 26.5 Å². The molecular formula is C14H20FNO2. The van der Waals surface area contributed by atoms with E-state index in [-0.39, 0.29) is 11.9 Å². The standard InChI is InChI=1S/C14H20FNO2/c1-11-8-13(15)3-2-12(11)4-6-16-9-14-5-7-17-10-18-14/h2-3,8,14,16H,4-7,9-10H2,1H3. The van der Waals surface area contributed by atoms with E-state index < -0.39 is 0 Å². The van der Waals surface area contributed by atoms with E-state index in [0.717, 1.165) is 38.1 Å². The Morgan fingerprint density at radius 2 is 2.33 bits per heavy atom. The average Bonchev–Trinajstić information content (AvgIpc) is 2.38. The van der Waals surface area contributed by atoms with Crippen LogP contribution in [0.25, 0.3) is 0 Å². The van der Waals surface area contributed by atoms with E-state index in [1.807, 2.05) is 13.0 Å². The minimum absolute atomic E-state index is 0.167. The van der Waals surface area contributed by atoms with Crippen molar-refractivity contribution < 1.29 is 13.9 Å². The molecule has 3 nitrogen and oxygen atoms in total. The third kappa shape index (κ3) is 4.05. The lowest BCUT2D eigenvalue weighted by Gasteiger charge is -2.23. The highest BCUT2D eigenvalue weighted by Gasteiger charge is 2.13. The van der Waals surface area contributed by atoms with Crippen LogP contribution in [0.2, 0.25) is 0 Å². The Labute approximate surface area is 107 Å². The van der Waals surface area contributed by atoms with Crippen LogP contribution in [-0.2, 0) is 15.9 Å². The van der Waals surface area contributed by atoms with E-state index in [1.54, 1.807) is 6.07 Å². The molecule has 1 N–H and O–H groups in total. The molecule has 1 atom stereocenters. The number of halogens is 1. The number of ether oxygens (including phenoxy) is 2. The van der Waals surface area contributed by atoms with Gasteiger partial charge in [0.15, 0.2) is 0 Å². The normalized spacial score (nSPS) is 20.0. The minimum atomic E-state index is -0.167. The van der Waals surface area contributed by atoms with Crippen LogP contribution in [-0.4, -0.2) is 32.6 Å². The van der Waals surface area contributed by atoms with Crippen LogP contribution in [0.5, 0.6) is 0 Å². The molecule has 2 rings (SSSR count). The van der Waals surface area contributed by atoms with Crippen LogP contribution in [0.15, 0.2) is 18.2 Å². The molecule has 18 heavy (non-hydrogen) atoms. The van der Waals surface area contributed by atoms with Crippen LogP contribution in [0.3, 0.4) is 0 Å². The van der Waals surface area contributed by atoms with Crippen LogP contribution >= 0.6 is 0 Å². The van der Waals surface area contributed by atoms with Gasteiger partial charge in [0.2, 0.25) is 0 Å². The Bertz CT molecular complexity index is 378. The zero-order valence-corrected chi connectivity index (χ0v) is 10.7. The summed E-state index contributed by atoms with van der Waals surface area (Å²) >= 11 is 0. The van der Waals surface area contributed by atoms with Gasteiger partial charge in [-0.25, -0.2) is 4.39 Å². The zero-order valence-electron chi connectivity index (χ0n) is 10.7. The Morgan fingerprint density at radius 3 is 3.06 bits per heavy atom. The van der Waals surface area contributed by atoms with Gasteiger partial charge in [-0.3, -0.25) is 0 Å². The summed E-state index contributed by atoms with van der Waals surface area (Å²) in [6, 6.07) is 4.96. The second-order valence-corrected chi connectivity index (χ2v) is 4.63. The summed E-state index contributed by atoms with van der Waals surface area (Å²) < 4.78 is 23.5. The quantitative estimate of drug-likeness (QED) is 0.814. The summed E-state index contributed by atoms with van der Waals surface area (Å²) in [5.74, 6) is -0.167. The molecule has 0 radical (unpaired) electrons. The van der Waals surface area contributed by atoms with Gasteiger partial charge in [0.05, 0.1) is 12.7 Å². The van der Waals surface area contributed by atoms with E-state index >= 15 is 0 Å². The molecule has 0 aliphatic carbocycles. The van der Waals surface area contributed by atoms with Crippen LogP contribution in [0.1, 0.15) is 17.5 Å². The monoisotopic (exact) mass is 253 g/mol. The minimum Gasteiger partial charge on any atom is -0.355 e. The van der Waals surface area contributed by atoms with Crippen molar-refractivity contribution in [1.82, 2.24) is 5.32 Å². The summed E-state index contributed by atoms with van der Waals surface area (Å²) in [7, 11) is 0. The fourth-order valence-corrected chi connectivity index (χ4v) is 2.09. The van der Waals surface area contributed by atoms with Gasteiger partial charge in [-0.15, -0.1) is 0 Å². The van der Waals surface area contributed by atoms with Crippen molar-refractivity contribution in [1.29, 1.82) is 0 Å². The SMILES string of the molecule is Cc1cc(F)ccc1CCNCC1CCOCO1. The molecule has 0 aromatic heterocycles. The predicted octanol–water partition coefficient (Wildman–Crippen LogP) is 2.03. The van der Waals surface area contributed by atoms with Crippen molar-refractivity contribution in [2.24, 2.45) is 0 Å². The molecule has 0 saturated carbocycles. The lowest BCUT2D eigenvalue weighted by molar-refractivity contribution is -0.137. The molecule has 1 saturated heterocycles. The highest BCUT2D eigenvalue weighted by molar-refractivity contribution is 5.26. The van der Waals surface area contributed by atoms with Gasteiger partial charge in [0.1, 0.15) is 12.6 Å². The number of nitrogens with one attached hydrogen (secondary N) is 1. The second kappa shape index (κ2) is 6.83. The Morgan fingerprint density at radius 1 is 1.44 bits per heavy atom. The first-order chi connectivity index (χ1) is 8.75. The maximum atomic E-state index is 12.9. The molecule has 1 unspecified atom stereocenters. The lowest BCUT2D eigenvalue weighted by Crippen LogP contribution is -2.34. The van der Waals surface area contributed by atoms with Crippen molar-refractivity contribution >= 4 is 0 Å². The summed E-state index contributed by atoms with van der Waals surface area (Å²) in [6.07, 6.45) is 2.12. The van der Waals surface area contributed by atoms with E-state index in [0.29, 0.717) is 6.79 Å². The van der Waals surface area contributed by atoms with Gasteiger partial charge in [-0.2, -0.15) is 0 Å². The van der Waals surface area contributed by atoms with Crippen LogP contribution in [0.4, 0.5) is 4.39 Å². The second-order valence-electron chi connectivity index (χ2n) is 4.63. The highest BCUT2D eigenvalue weighted by atomic mass is 19.1. The molecule has 1 aromatic rings. The van der Waals surface area contributed by atoms with E-state index in [2.05, 4.69) is 5.32 Å². The molecule has 0 spiro atoms. The Kier molecular flexibility index (Phi) is 5.11. The van der Waals surface area contributed by atoms with Gasteiger partial charge in [0, 0.05) is 6.54 Å². The van der Waals surface area contributed by atoms with E-state index in [4.69, 9.17) is 9.47 Å². The zero-order chi connectivity index (χ0) is 12.8. The highest BCUT2D eigenvalue weighted by Crippen LogP contribution is 2.10. The fraction of sp³-hybridized carbons (Fsp3) is 0.571. The van der Waals surface area contributed by atoms with Crippen molar-refractivity contribution in [3.05, 3.63) is 35.1 Å². The van der Waals surface area contributed by atoms with Crippen molar-refractivity contribution in [3.8, 4) is 0 Å². The molecule has 1 aromatic carbocycles. The molecular weight excluding hydrogens is 233 g/mol. The molecule has 1 aliphatic heterocycles. The first kappa shape index (κ1) is 13.5. The summed E-state index contributed by atoms with van der Waals surface area (Å²) in [5, 5.41) is 3.37. The van der Waals surface area contributed by atoms with E-state index in [9.17, 15) is 4.39 Å². The van der Waals surface area contributed by atoms with Gasteiger partial charge in [0.25, 0.3) is 0 Å². The maximum absolute atomic E-state index is 12.9. The van der Waals surface area contributed by atoms with Crippen molar-refractivity contribution in [2.45, 2.75) is 25.9 Å². The molecule has 1 heterocycles. The van der Waals surface area contributed by atoms with Crippen LogP contribution in [0, 0.1) is 12.7 Å². The molecule has 4 heteroatoms. The Hall–Kier alpha value is -0.970. The topological polar surface area (TPSA) is 30.5 Å². The molecule has 1 fully saturated rings. The Balaban J connectivity index is 1.68. The maximum Gasteiger partial charge on any atom is 0.147 e. The number of hydrogen-bond acceptors (Lipinski definition) is 3. The van der Waals surface area contributed by atoms with Gasteiger partial charge >= 0.3 is 0 Å². The lowest BCUT2D eigenvalue weighted by atomic mass is 10.1. The van der Waals surface area contributed by atoms with Crippen molar-refractivity contribution in [3.63, 3.8) is 0 Å². The molecule has 1 aliphatic rings. The third-order valence-electron chi connectivity index (χ3n) is 3.22. The number of benzene rings is 1. The summed E-state index contributed by atoms with van der Waals surface area (Å²) in [5.41, 5.74) is 2.20. The number of aryl methyl sites for hydroxylation is 1. The van der Waals surface area contributed by atoms with Gasteiger partial charge in [-0.05, 0) is 49.6 Å². The predicted molar refractivity (Wildman–Crippen MR) is 68.0 cm³/mol. The number of hydrogen-bond donors (Lipinski definition) is 1. The summed E-state index contributed by atoms with van der Waals surface area (Å²) in [4.78, 5) is 0. The van der Waals surface area contributed by atoms with Crippen LogP contribution < -0.4 is 5.32 Å². The van der Waals surface area contributed by atoms with Gasteiger partial charge < -0.3 is 14.8 Å². The largest absolute Gasteiger partial charge is 0.355 e. The summed E-state index contributed by atoms with van der Waals surface area (Å²) in [6.45, 7) is 4.86. The average molecular weight is 253 g/mol. The first-order valence-electron chi connectivity index (χ1n) is 6.41. The molecule has 100 valence electrons. The first-order valence-corrected chi connectivity index (χ1v) is 6.41. The molecule has 0 amide bonds. The smallest absolute Gasteiger partial charge is 0.147 e. The van der Waals surface area contributed by atoms with Gasteiger partial charge in [-0.1, -0.05) is 6.07 Å².